The number of likely N-dealkylation sites (tertiary alicyclic amines) is 1. The number of hydrogen-bond acceptors (Lipinski definition) is 6. The number of aromatic nitrogens is 4. The van der Waals surface area contributed by atoms with Crippen LogP contribution >= 0.6 is 0 Å². The molecule has 0 spiro atoms. The average Bonchev–Trinajstić information content (AvgIpc) is 3.14. The van der Waals surface area contributed by atoms with Crippen molar-refractivity contribution in [1.29, 1.82) is 0 Å². The van der Waals surface area contributed by atoms with E-state index in [9.17, 15) is 4.79 Å². The van der Waals surface area contributed by atoms with E-state index in [0.717, 1.165) is 37.6 Å². The average molecular weight is 445 g/mol. The predicted octanol–water partition coefficient (Wildman–Crippen LogP) is 4.10. The van der Waals surface area contributed by atoms with Crippen LogP contribution < -0.4 is 16.2 Å². The van der Waals surface area contributed by atoms with Gasteiger partial charge in [0, 0.05) is 12.6 Å². The van der Waals surface area contributed by atoms with Crippen molar-refractivity contribution in [3.05, 3.63) is 10.5 Å². The van der Waals surface area contributed by atoms with E-state index in [1.165, 1.54) is 64.5 Å². The Balaban J connectivity index is 1.26. The van der Waals surface area contributed by atoms with Crippen molar-refractivity contribution in [2.75, 3.05) is 25.4 Å². The summed E-state index contributed by atoms with van der Waals surface area (Å²) in [6.07, 6.45) is 15.0. The molecule has 2 aromatic rings. The van der Waals surface area contributed by atoms with Gasteiger partial charge in [0.2, 0.25) is 0 Å². The second-order valence-corrected chi connectivity index (χ2v) is 9.64. The summed E-state index contributed by atoms with van der Waals surface area (Å²) in [5.41, 5.74) is 6.93. The maximum atomic E-state index is 12.5. The number of aryl methyl sites for hydroxylation is 1. The number of imidazole rings is 1. The van der Waals surface area contributed by atoms with E-state index in [2.05, 4.69) is 26.8 Å². The minimum atomic E-state index is -0.174. The first-order chi connectivity index (χ1) is 15.7. The normalized spacial score (nSPS) is 19.0. The quantitative estimate of drug-likeness (QED) is 0.535. The Morgan fingerprint density at radius 1 is 1.06 bits per heavy atom. The third-order valence-electron chi connectivity index (χ3n) is 7.34. The number of rotatable bonds is 10. The third-order valence-corrected chi connectivity index (χ3v) is 7.34. The fourth-order valence-corrected chi connectivity index (χ4v) is 5.37. The highest BCUT2D eigenvalue weighted by molar-refractivity contribution is 5.81. The van der Waals surface area contributed by atoms with Gasteiger partial charge in [0.15, 0.2) is 11.5 Å². The molecule has 4 rings (SSSR count). The lowest BCUT2D eigenvalue weighted by Crippen LogP contribution is -2.42. The second-order valence-electron chi connectivity index (χ2n) is 9.64. The van der Waals surface area contributed by atoms with E-state index in [0.29, 0.717) is 24.3 Å². The van der Waals surface area contributed by atoms with Crippen molar-refractivity contribution in [1.82, 2.24) is 24.4 Å². The number of H-pyrrole nitrogens is 1. The van der Waals surface area contributed by atoms with Gasteiger partial charge in [-0.3, -0.25) is 4.57 Å². The first kappa shape index (κ1) is 23.1. The van der Waals surface area contributed by atoms with E-state index >= 15 is 0 Å². The number of fused-ring (bicyclic) bond motifs is 1. The number of piperidine rings is 1. The molecular weight excluding hydrogens is 404 g/mol. The molecule has 8 heteroatoms. The molecule has 0 amide bonds. The zero-order chi connectivity index (χ0) is 22.3. The number of nitrogens with zero attached hydrogens (tertiary/aromatic N) is 4. The summed E-state index contributed by atoms with van der Waals surface area (Å²) in [7, 11) is 0. The van der Waals surface area contributed by atoms with Gasteiger partial charge >= 0.3 is 11.7 Å². The van der Waals surface area contributed by atoms with Crippen molar-refractivity contribution < 1.29 is 4.74 Å². The fourth-order valence-electron chi connectivity index (χ4n) is 5.37. The lowest BCUT2D eigenvalue weighted by molar-refractivity contribution is 0.103. The molecule has 1 saturated heterocycles. The van der Waals surface area contributed by atoms with Gasteiger partial charge in [-0.15, -0.1) is 0 Å². The number of unbranched alkanes of at least 4 members (excludes halogenated alkanes) is 2. The van der Waals surface area contributed by atoms with E-state index < -0.39 is 0 Å². The highest BCUT2D eigenvalue weighted by Crippen LogP contribution is 2.29. The molecule has 0 radical (unpaired) electrons. The largest absolute Gasteiger partial charge is 0.463 e. The molecule has 0 atom stereocenters. The number of ether oxygens (including phenoxy) is 1. The van der Waals surface area contributed by atoms with Crippen LogP contribution in [0.25, 0.3) is 11.2 Å². The van der Waals surface area contributed by atoms with E-state index in [1.807, 2.05) is 0 Å². The van der Waals surface area contributed by atoms with Gasteiger partial charge in [0.05, 0.1) is 6.61 Å². The molecule has 178 valence electrons. The van der Waals surface area contributed by atoms with Crippen LogP contribution in [0.2, 0.25) is 0 Å². The van der Waals surface area contributed by atoms with Crippen LogP contribution in [0.4, 0.5) is 5.82 Å². The van der Waals surface area contributed by atoms with Crippen molar-refractivity contribution >= 4 is 17.0 Å². The van der Waals surface area contributed by atoms with Gasteiger partial charge in [0.1, 0.15) is 5.52 Å². The number of nitrogen functional groups attached to an aromatic ring is 1. The Morgan fingerprint density at radius 3 is 2.59 bits per heavy atom. The summed E-state index contributed by atoms with van der Waals surface area (Å²) in [5, 5.41) is 0. The Labute approximate surface area is 190 Å². The van der Waals surface area contributed by atoms with Crippen LogP contribution in [0.15, 0.2) is 4.79 Å². The van der Waals surface area contributed by atoms with E-state index in [-0.39, 0.29) is 17.5 Å². The molecule has 32 heavy (non-hydrogen) atoms. The summed E-state index contributed by atoms with van der Waals surface area (Å²) in [6, 6.07) is 1.10. The van der Waals surface area contributed by atoms with Gasteiger partial charge in [-0.05, 0) is 57.5 Å². The molecular formula is C24H40N6O2. The molecule has 1 aliphatic heterocycles. The molecule has 2 aromatic heterocycles. The first-order valence-electron chi connectivity index (χ1n) is 12.8. The predicted molar refractivity (Wildman–Crippen MR) is 128 cm³/mol. The van der Waals surface area contributed by atoms with Crippen molar-refractivity contribution in [3.63, 3.8) is 0 Å². The highest BCUT2D eigenvalue weighted by Gasteiger charge is 2.26. The van der Waals surface area contributed by atoms with Gasteiger partial charge < -0.3 is 20.4 Å². The standard InChI is InChI=1S/C24H40N6O2/c1-2-3-17-32-23-27-21(25)20-22(28-23)30(24(31)26-20)14-8-7-9-18-12-15-29(16-13-18)19-10-5-4-6-11-19/h18-19H,2-17H2,1H3,(H,26,31)(H2,25,27,28). The van der Waals surface area contributed by atoms with Crippen LogP contribution in [-0.4, -0.2) is 50.2 Å². The lowest BCUT2D eigenvalue weighted by atomic mass is 9.88. The molecule has 0 unspecified atom stereocenters. The first-order valence-corrected chi connectivity index (χ1v) is 12.8. The van der Waals surface area contributed by atoms with Crippen LogP contribution in [0.1, 0.15) is 84.0 Å². The summed E-state index contributed by atoms with van der Waals surface area (Å²) in [6.45, 7) is 5.84. The highest BCUT2D eigenvalue weighted by atomic mass is 16.5. The molecule has 2 aliphatic rings. The van der Waals surface area contributed by atoms with Crippen molar-refractivity contribution in [2.45, 2.75) is 96.6 Å². The third kappa shape index (κ3) is 5.63. The van der Waals surface area contributed by atoms with Crippen LogP contribution in [0, 0.1) is 5.92 Å². The Kier molecular flexibility index (Phi) is 8.05. The summed E-state index contributed by atoms with van der Waals surface area (Å²) in [4.78, 5) is 26.7. The maximum absolute atomic E-state index is 12.5. The SMILES string of the molecule is CCCCOc1nc(N)c2[nH]c(=O)n(CCCCC3CCN(C4CCCCC4)CC3)c2n1. The second kappa shape index (κ2) is 11.2. The van der Waals surface area contributed by atoms with Gasteiger partial charge in [0.25, 0.3) is 0 Å². The minimum Gasteiger partial charge on any atom is -0.463 e. The Hall–Kier alpha value is -2.09. The summed E-state index contributed by atoms with van der Waals surface area (Å²) < 4.78 is 7.31. The number of aromatic amines is 1. The topological polar surface area (TPSA) is 102 Å². The fraction of sp³-hybridized carbons (Fsp3) is 0.792. The number of nitrogens with two attached hydrogens (primary N) is 1. The maximum Gasteiger partial charge on any atom is 0.327 e. The van der Waals surface area contributed by atoms with Gasteiger partial charge in [-0.25, -0.2) is 4.79 Å². The van der Waals surface area contributed by atoms with Crippen molar-refractivity contribution in [2.24, 2.45) is 5.92 Å². The molecule has 8 nitrogen and oxygen atoms in total. The lowest BCUT2D eigenvalue weighted by Gasteiger charge is -2.39. The Morgan fingerprint density at radius 2 is 1.84 bits per heavy atom. The summed E-state index contributed by atoms with van der Waals surface area (Å²) in [5.74, 6) is 1.09. The zero-order valence-corrected chi connectivity index (χ0v) is 19.7. The number of anilines is 1. The van der Waals surface area contributed by atoms with Gasteiger partial charge in [-0.1, -0.05) is 45.4 Å². The van der Waals surface area contributed by atoms with Crippen LogP contribution in [0.5, 0.6) is 6.01 Å². The number of nitrogens with one attached hydrogen (secondary N) is 1. The molecule has 0 aromatic carbocycles. The Bertz CT molecular complexity index is 909. The zero-order valence-electron chi connectivity index (χ0n) is 19.7. The van der Waals surface area contributed by atoms with E-state index in [4.69, 9.17) is 10.5 Å². The smallest absolute Gasteiger partial charge is 0.327 e. The number of hydrogen-bond donors (Lipinski definition) is 2. The van der Waals surface area contributed by atoms with Crippen LogP contribution in [-0.2, 0) is 6.54 Å². The van der Waals surface area contributed by atoms with E-state index in [1.54, 1.807) is 4.57 Å². The minimum absolute atomic E-state index is 0.174. The monoisotopic (exact) mass is 444 g/mol. The molecule has 1 saturated carbocycles. The molecule has 3 heterocycles. The molecule has 3 N–H and O–H groups in total. The summed E-state index contributed by atoms with van der Waals surface area (Å²) >= 11 is 0. The van der Waals surface area contributed by atoms with Gasteiger partial charge in [-0.2, -0.15) is 9.97 Å². The van der Waals surface area contributed by atoms with Crippen molar-refractivity contribution in [3.8, 4) is 6.01 Å². The molecule has 2 fully saturated rings. The molecule has 1 aliphatic carbocycles. The molecule has 0 bridgehead atoms. The van der Waals surface area contributed by atoms with Crippen LogP contribution in [0.3, 0.4) is 0 Å².